The van der Waals surface area contributed by atoms with Gasteiger partial charge in [0.05, 0.1) is 10.6 Å². The van der Waals surface area contributed by atoms with Gasteiger partial charge in [0.1, 0.15) is 11.9 Å². The fourth-order valence-corrected chi connectivity index (χ4v) is 2.90. The molecule has 4 nitrogen and oxygen atoms in total. The topological polar surface area (TPSA) is 58.2 Å². The molecule has 0 aromatic heterocycles. The van der Waals surface area contributed by atoms with Crippen LogP contribution in [0.1, 0.15) is 29.8 Å². The number of anilines is 1. The minimum atomic E-state index is -0.793. The van der Waals surface area contributed by atoms with Crippen LogP contribution < -0.4 is 10.6 Å². The molecule has 0 radical (unpaired) electrons. The molecule has 0 spiro atoms. The van der Waals surface area contributed by atoms with Crippen LogP contribution in [0.3, 0.4) is 0 Å². The monoisotopic (exact) mass is 396 g/mol. The highest BCUT2D eigenvalue weighted by Gasteiger charge is 2.26. The van der Waals surface area contributed by atoms with E-state index in [4.69, 9.17) is 23.2 Å². The third-order valence-electron chi connectivity index (χ3n) is 3.86. The summed E-state index contributed by atoms with van der Waals surface area (Å²) in [5.74, 6) is -1.43. The first-order chi connectivity index (χ1) is 12.2. The van der Waals surface area contributed by atoms with Gasteiger partial charge in [-0.3, -0.25) is 9.59 Å². The molecule has 2 rings (SSSR count). The molecule has 2 aromatic rings. The van der Waals surface area contributed by atoms with Gasteiger partial charge >= 0.3 is 0 Å². The molecule has 0 fully saturated rings. The maximum Gasteiger partial charge on any atom is 0.253 e. The lowest BCUT2D eigenvalue weighted by Gasteiger charge is -2.22. The average molecular weight is 397 g/mol. The maximum absolute atomic E-state index is 13.2. The van der Waals surface area contributed by atoms with Crippen LogP contribution in [0.2, 0.25) is 10.0 Å². The van der Waals surface area contributed by atoms with Crippen LogP contribution in [-0.4, -0.2) is 17.9 Å². The van der Waals surface area contributed by atoms with Gasteiger partial charge in [-0.25, -0.2) is 4.39 Å². The highest BCUT2D eigenvalue weighted by atomic mass is 35.5. The van der Waals surface area contributed by atoms with Gasteiger partial charge in [0.15, 0.2) is 0 Å². The van der Waals surface area contributed by atoms with Crippen molar-refractivity contribution in [2.75, 3.05) is 5.32 Å². The smallest absolute Gasteiger partial charge is 0.253 e. The number of halogens is 3. The van der Waals surface area contributed by atoms with Crippen LogP contribution in [0.15, 0.2) is 36.4 Å². The summed E-state index contributed by atoms with van der Waals surface area (Å²) >= 11 is 11.9. The third kappa shape index (κ3) is 4.96. The Kier molecular flexibility index (Phi) is 6.62. The summed E-state index contributed by atoms with van der Waals surface area (Å²) in [7, 11) is 0. The molecule has 0 saturated carbocycles. The number of hydrogen-bond acceptors (Lipinski definition) is 2. The molecule has 2 aromatic carbocycles. The maximum atomic E-state index is 13.2. The molecule has 0 aliphatic carbocycles. The lowest BCUT2D eigenvalue weighted by molar-refractivity contribution is -0.118. The summed E-state index contributed by atoms with van der Waals surface area (Å²) < 4.78 is 13.2. The van der Waals surface area contributed by atoms with Crippen molar-refractivity contribution in [2.24, 2.45) is 5.92 Å². The van der Waals surface area contributed by atoms with E-state index in [1.165, 1.54) is 30.3 Å². The van der Waals surface area contributed by atoms with Gasteiger partial charge in [-0.05, 0) is 54.8 Å². The molecule has 0 aliphatic rings. The second-order valence-corrected chi connectivity index (χ2v) is 7.11. The lowest BCUT2D eigenvalue weighted by Crippen LogP contribution is -2.47. The molecule has 0 heterocycles. The summed E-state index contributed by atoms with van der Waals surface area (Å²) in [6.07, 6.45) is 0. The van der Waals surface area contributed by atoms with E-state index >= 15 is 0 Å². The highest BCUT2D eigenvalue weighted by Crippen LogP contribution is 2.22. The molecule has 7 heteroatoms. The Labute approximate surface area is 161 Å². The minimum Gasteiger partial charge on any atom is -0.340 e. The Morgan fingerprint density at radius 2 is 1.77 bits per heavy atom. The number of carbonyl (C=O) groups excluding carboxylic acids is 2. The van der Waals surface area contributed by atoms with Crippen molar-refractivity contribution in [1.82, 2.24) is 5.32 Å². The fourth-order valence-electron chi connectivity index (χ4n) is 2.41. The van der Waals surface area contributed by atoms with Gasteiger partial charge in [-0.2, -0.15) is 0 Å². The average Bonchev–Trinajstić information content (AvgIpc) is 2.54. The van der Waals surface area contributed by atoms with E-state index in [0.717, 1.165) is 0 Å². The number of benzene rings is 2. The van der Waals surface area contributed by atoms with Gasteiger partial charge in [0, 0.05) is 10.7 Å². The van der Waals surface area contributed by atoms with E-state index in [0.29, 0.717) is 16.3 Å². The van der Waals surface area contributed by atoms with Crippen LogP contribution in [0.5, 0.6) is 0 Å². The predicted molar refractivity (Wildman–Crippen MR) is 102 cm³/mol. The molecule has 138 valence electrons. The van der Waals surface area contributed by atoms with Gasteiger partial charge in [0.25, 0.3) is 5.91 Å². The van der Waals surface area contributed by atoms with Gasteiger partial charge in [-0.15, -0.1) is 0 Å². The SMILES string of the molecule is Cc1cc(F)ccc1NC(=O)[C@@H](NC(=O)c1ccc(Cl)cc1Cl)C(C)C. The van der Waals surface area contributed by atoms with Crippen molar-refractivity contribution in [1.29, 1.82) is 0 Å². The standard InChI is InChI=1S/C19H19Cl2FN2O2/c1-10(2)17(19(26)23-16-7-5-13(22)8-11(16)3)24-18(25)14-6-4-12(20)9-15(14)21/h4-10,17H,1-3H3,(H,23,26)(H,24,25)/t17-/m0/s1. The Morgan fingerprint density at radius 1 is 1.08 bits per heavy atom. The molecule has 0 aliphatic heterocycles. The fraction of sp³-hybridized carbons (Fsp3) is 0.263. The summed E-state index contributed by atoms with van der Waals surface area (Å²) in [5, 5.41) is 6.03. The van der Waals surface area contributed by atoms with E-state index in [9.17, 15) is 14.0 Å². The zero-order valence-electron chi connectivity index (χ0n) is 14.6. The van der Waals surface area contributed by atoms with E-state index < -0.39 is 17.9 Å². The second kappa shape index (κ2) is 8.52. The highest BCUT2D eigenvalue weighted by molar-refractivity contribution is 6.36. The molecule has 1 atom stereocenters. The molecule has 0 unspecified atom stereocenters. The quantitative estimate of drug-likeness (QED) is 0.759. The molecule has 2 amide bonds. The summed E-state index contributed by atoms with van der Waals surface area (Å²) in [6.45, 7) is 5.31. The predicted octanol–water partition coefficient (Wildman–Crippen LogP) is 4.83. The van der Waals surface area contributed by atoms with E-state index in [2.05, 4.69) is 10.6 Å². The van der Waals surface area contributed by atoms with Crippen LogP contribution in [0.25, 0.3) is 0 Å². The van der Waals surface area contributed by atoms with Crippen molar-refractivity contribution in [3.8, 4) is 0 Å². The largest absolute Gasteiger partial charge is 0.340 e. The van der Waals surface area contributed by atoms with E-state index in [1.54, 1.807) is 13.0 Å². The van der Waals surface area contributed by atoms with E-state index in [-0.39, 0.29) is 22.3 Å². The number of hydrogen-bond donors (Lipinski definition) is 2. The normalized spacial score (nSPS) is 12.0. The molecule has 0 bridgehead atoms. The van der Waals surface area contributed by atoms with Crippen molar-refractivity contribution in [3.63, 3.8) is 0 Å². The Bertz CT molecular complexity index is 840. The number of rotatable bonds is 5. The van der Waals surface area contributed by atoms with Crippen LogP contribution in [-0.2, 0) is 4.79 Å². The van der Waals surface area contributed by atoms with E-state index in [1.807, 2.05) is 13.8 Å². The number of amides is 2. The van der Waals surface area contributed by atoms with Gasteiger partial charge < -0.3 is 10.6 Å². The van der Waals surface area contributed by atoms with Crippen molar-refractivity contribution < 1.29 is 14.0 Å². The number of aryl methyl sites for hydroxylation is 1. The van der Waals surface area contributed by atoms with Gasteiger partial charge in [-0.1, -0.05) is 37.0 Å². The first-order valence-electron chi connectivity index (χ1n) is 8.02. The van der Waals surface area contributed by atoms with Crippen LogP contribution in [0, 0.1) is 18.7 Å². The zero-order chi connectivity index (χ0) is 19.4. The Morgan fingerprint density at radius 3 is 2.35 bits per heavy atom. The van der Waals surface area contributed by atoms with Crippen LogP contribution in [0.4, 0.5) is 10.1 Å². The van der Waals surface area contributed by atoms with Crippen molar-refractivity contribution in [2.45, 2.75) is 26.8 Å². The molecular weight excluding hydrogens is 378 g/mol. The summed E-state index contributed by atoms with van der Waals surface area (Å²) in [6, 6.07) is 7.79. The number of nitrogens with one attached hydrogen (secondary N) is 2. The third-order valence-corrected chi connectivity index (χ3v) is 4.41. The first kappa shape index (κ1) is 20.2. The van der Waals surface area contributed by atoms with Crippen molar-refractivity contribution in [3.05, 3.63) is 63.4 Å². The zero-order valence-corrected chi connectivity index (χ0v) is 16.1. The second-order valence-electron chi connectivity index (χ2n) is 6.27. The molecule has 2 N–H and O–H groups in total. The molecular formula is C19H19Cl2FN2O2. The van der Waals surface area contributed by atoms with Crippen LogP contribution >= 0.6 is 23.2 Å². The van der Waals surface area contributed by atoms with Gasteiger partial charge in [0.2, 0.25) is 5.91 Å². The minimum absolute atomic E-state index is 0.175. The molecule has 0 saturated heterocycles. The lowest BCUT2D eigenvalue weighted by atomic mass is 10.0. The Balaban J connectivity index is 2.17. The molecule has 26 heavy (non-hydrogen) atoms. The van der Waals surface area contributed by atoms with Crippen molar-refractivity contribution >= 4 is 40.7 Å². The summed E-state index contributed by atoms with van der Waals surface area (Å²) in [5.41, 5.74) is 1.31. The Hall–Kier alpha value is -2.11. The first-order valence-corrected chi connectivity index (χ1v) is 8.77. The summed E-state index contributed by atoms with van der Waals surface area (Å²) in [4.78, 5) is 25.1. The number of carbonyl (C=O) groups is 2.